The van der Waals surface area contributed by atoms with Crippen LogP contribution in [0.2, 0.25) is 0 Å². The molecule has 2 aromatic rings. The molecule has 0 spiro atoms. The third kappa shape index (κ3) is 3.88. The molecule has 0 heterocycles. The van der Waals surface area contributed by atoms with E-state index in [2.05, 4.69) is 35.1 Å². The van der Waals surface area contributed by atoms with Crippen LogP contribution in [0.15, 0.2) is 46.9 Å². The molecule has 0 aliphatic heterocycles. The topological polar surface area (TPSA) is 12.0 Å². The van der Waals surface area contributed by atoms with Crippen LogP contribution in [0.5, 0.6) is 0 Å². The summed E-state index contributed by atoms with van der Waals surface area (Å²) < 4.78 is 14.5. The highest BCUT2D eigenvalue weighted by Crippen LogP contribution is 2.27. The molecule has 1 N–H and O–H groups in total. The van der Waals surface area contributed by atoms with Crippen LogP contribution in [0.3, 0.4) is 0 Å². The second-order valence-corrected chi connectivity index (χ2v) is 5.76. The zero-order valence-electron chi connectivity index (χ0n) is 11.1. The molecule has 19 heavy (non-hydrogen) atoms. The highest BCUT2D eigenvalue weighted by atomic mass is 79.9. The number of rotatable bonds is 4. The highest BCUT2D eigenvalue weighted by molar-refractivity contribution is 9.10. The Bertz CT molecular complexity index is 566. The second kappa shape index (κ2) is 6.31. The van der Waals surface area contributed by atoms with Gasteiger partial charge in [-0.1, -0.05) is 48.0 Å². The molecule has 0 aliphatic carbocycles. The van der Waals surface area contributed by atoms with Gasteiger partial charge >= 0.3 is 0 Å². The van der Waals surface area contributed by atoms with E-state index in [1.807, 2.05) is 30.3 Å². The van der Waals surface area contributed by atoms with E-state index in [1.165, 1.54) is 6.07 Å². The summed E-state index contributed by atoms with van der Waals surface area (Å²) in [7, 11) is 0. The Morgan fingerprint density at radius 2 is 1.95 bits per heavy atom. The van der Waals surface area contributed by atoms with E-state index in [9.17, 15) is 4.39 Å². The monoisotopic (exact) mass is 321 g/mol. The van der Waals surface area contributed by atoms with Crippen molar-refractivity contribution < 1.29 is 4.39 Å². The minimum absolute atomic E-state index is 0.195. The first-order chi connectivity index (χ1) is 9.06. The Morgan fingerprint density at radius 1 is 1.16 bits per heavy atom. The van der Waals surface area contributed by atoms with Crippen LogP contribution >= 0.6 is 15.9 Å². The molecule has 0 bridgehead atoms. The average Bonchev–Trinajstić information content (AvgIpc) is 2.36. The molecule has 0 radical (unpaired) electrons. The average molecular weight is 322 g/mol. The van der Waals surface area contributed by atoms with Crippen LogP contribution in [-0.4, -0.2) is 6.04 Å². The van der Waals surface area contributed by atoms with Crippen LogP contribution in [0.4, 0.5) is 4.39 Å². The predicted molar refractivity (Wildman–Crippen MR) is 81.5 cm³/mol. The molecule has 0 saturated carbocycles. The van der Waals surface area contributed by atoms with Gasteiger partial charge in [-0.05, 0) is 41.0 Å². The zero-order chi connectivity index (χ0) is 13.8. The van der Waals surface area contributed by atoms with Crippen LogP contribution in [0, 0.1) is 5.82 Å². The van der Waals surface area contributed by atoms with Crippen LogP contribution < -0.4 is 5.32 Å². The first kappa shape index (κ1) is 14.2. The van der Waals surface area contributed by atoms with E-state index >= 15 is 0 Å². The van der Waals surface area contributed by atoms with Gasteiger partial charge in [-0.3, -0.25) is 0 Å². The molecule has 100 valence electrons. The normalized spacial score (nSPS) is 11.0. The SMILES string of the molecule is CC(C)NCc1cc(F)ccc1-c1cccc(Br)c1. The minimum Gasteiger partial charge on any atom is -0.310 e. The van der Waals surface area contributed by atoms with Crippen molar-refractivity contribution in [1.29, 1.82) is 0 Å². The maximum atomic E-state index is 13.4. The summed E-state index contributed by atoms with van der Waals surface area (Å²) >= 11 is 3.47. The molecule has 0 saturated heterocycles. The van der Waals surface area contributed by atoms with Gasteiger partial charge in [-0.2, -0.15) is 0 Å². The fraction of sp³-hybridized carbons (Fsp3) is 0.250. The maximum Gasteiger partial charge on any atom is 0.123 e. The lowest BCUT2D eigenvalue weighted by Gasteiger charge is -2.13. The van der Waals surface area contributed by atoms with Gasteiger partial charge < -0.3 is 5.32 Å². The van der Waals surface area contributed by atoms with Gasteiger partial charge in [-0.15, -0.1) is 0 Å². The quantitative estimate of drug-likeness (QED) is 0.856. The van der Waals surface area contributed by atoms with Crippen molar-refractivity contribution in [2.75, 3.05) is 0 Å². The lowest BCUT2D eigenvalue weighted by Crippen LogP contribution is -2.22. The van der Waals surface area contributed by atoms with Crippen molar-refractivity contribution >= 4 is 15.9 Å². The lowest BCUT2D eigenvalue weighted by molar-refractivity contribution is 0.582. The number of hydrogen-bond donors (Lipinski definition) is 1. The van der Waals surface area contributed by atoms with Gasteiger partial charge in [0.2, 0.25) is 0 Å². The van der Waals surface area contributed by atoms with Gasteiger partial charge in [0.1, 0.15) is 5.82 Å². The summed E-state index contributed by atoms with van der Waals surface area (Å²) in [6.07, 6.45) is 0. The smallest absolute Gasteiger partial charge is 0.123 e. The summed E-state index contributed by atoms with van der Waals surface area (Å²) in [6.45, 7) is 4.83. The van der Waals surface area contributed by atoms with Gasteiger partial charge in [0.25, 0.3) is 0 Å². The van der Waals surface area contributed by atoms with Crippen molar-refractivity contribution in [2.45, 2.75) is 26.4 Å². The molecule has 2 aromatic carbocycles. The van der Waals surface area contributed by atoms with Crippen molar-refractivity contribution in [3.05, 3.63) is 58.3 Å². The van der Waals surface area contributed by atoms with Gasteiger partial charge in [-0.25, -0.2) is 4.39 Å². The van der Waals surface area contributed by atoms with Crippen molar-refractivity contribution in [1.82, 2.24) is 5.32 Å². The van der Waals surface area contributed by atoms with E-state index in [1.54, 1.807) is 6.07 Å². The number of nitrogens with one attached hydrogen (secondary N) is 1. The molecule has 3 heteroatoms. The van der Waals surface area contributed by atoms with Crippen LogP contribution in [0.25, 0.3) is 11.1 Å². The zero-order valence-corrected chi connectivity index (χ0v) is 12.7. The van der Waals surface area contributed by atoms with E-state index < -0.39 is 0 Å². The van der Waals surface area contributed by atoms with Crippen molar-refractivity contribution in [2.24, 2.45) is 0 Å². The molecule has 0 atom stereocenters. The molecule has 0 unspecified atom stereocenters. The van der Waals surface area contributed by atoms with Crippen molar-refractivity contribution in [3.8, 4) is 11.1 Å². The third-order valence-electron chi connectivity index (χ3n) is 2.90. The van der Waals surface area contributed by atoms with E-state index in [-0.39, 0.29) is 5.82 Å². The Balaban J connectivity index is 2.38. The number of halogens is 2. The molecule has 1 nitrogen and oxygen atoms in total. The molecular formula is C16H17BrFN. The summed E-state index contributed by atoms with van der Waals surface area (Å²) in [5.74, 6) is -0.195. The van der Waals surface area contributed by atoms with Gasteiger partial charge in [0, 0.05) is 17.1 Å². The number of hydrogen-bond acceptors (Lipinski definition) is 1. The summed E-state index contributed by atoms with van der Waals surface area (Å²) in [4.78, 5) is 0. The fourth-order valence-corrected chi connectivity index (χ4v) is 2.36. The molecule has 2 rings (SSSR count). The Hall–Kier alpha value is -1.19. The fourth-order valence-electron chi connectivity index (χ4n) is 1.96. The van der Waals surface area contributed by atoms with Crippen LogP contribution in [-0.2, 0) is 6.54 Å². The lowest BCUT2D eigenvalue weighted by atomic mass is 9.99. The molecule has 0 amide bonds. The Morgan fingerprint density at radius 3 is 2.63 bits per heavy atom. The highest BCUT2D eigenvalue weighted by Gasteiger charge is 2.07. The van der Waals surface area contributed by atoms with E-state index in [4.69, 9.17) is 0 Å². The summed E-state index contributed by atoms with van der Waals surface area (Å²) in [5.41, 5.74) is 3.14. The standard InChI is InChI=1S/C16H17BrFN/c1-11(2)19-10-13-9-15(18)6-7-16(13)12-4-3-5-14(17)8-12/h3-9,11,19H,10H2,1-2H3. The summed E-state index contributed by atoms with van der Waals surface area (Å²) in [6, 6.07) is 13.4. The first-order valence-corrected chi connectivity index (χ1v) is 7.13. The largest absolute Gasteiger partial charge is 0.310 e. The van der Waals surface area contributed by atoms with E-state index in [0.29, 0.717) is 12.6 Å². The molecule has 0 fully saturated rings. The molecule has 0 aliphatic rings. The maximum absolute atomic E-state index is 13.4. The van der Waals surface area contributed by atoms with Gasteiger partial charge in [0.05, 0.1) is 0 Å². The van der Waals surface area contributed by atoms with Crippen molar-refractivity contribution in [3.63, 3.8) is 0 Å². The second-order valence-electron chi connectivity index (χ2n) is 4.85. The predicted octanol–water partition coefficient (Wildman–Crippen LogP) is 4.75. The Kier molecular flexibility index (Phi) is 4.72. The van der Waals surface area contributed by atoms with Gasteiger partial charge in [0.15, 0.2) is 0 Å². The molecular weight excluding hydrogens is 305 g/mol. The van der Waals surface area contributed by atoms with E-state index in [0.717, 1.165) is 21.2 Å². The number of benzene rings is 2. The minimum atomic E-state index is -0.195. The first-order valence-electron chi connectivity index (χ1n) is 6.34. The van der Waals surface area contributed by atoms with Crippen LogP contribution in [0.1, 0.15) is 19.4 Å². The third-order valence-corrected chi connectivity index (χ3v) is 3.40. The summed E-state index contributed by atoms with van der Waals surface area (Å²) in [5, 5.41) is 3.34. The Labute approximate surface area is 122 Å². The molecule has 0 aromatic heterocycles.